The van der Waals surface area contributed by atoms with Crippen LogP contribution in [0.4, 0.5) is 5.69 Å². The minimum atomic E-state index is -0.965. The number of likely N-dealkylation sites (tertiary alicyclic amines) is 1. The summed E-state index contributed by atoms with van der Waals surface area (Å²) in [6, 6.07) is 20.8. The molecule has 5 aromatic rings. The molecule has 3 fully saturated rings. The van der Waals surface area contributed by atoms with Gasteiger partial charge in [-0.25, -0.2) is 4.98 Å². The van der Waals surface area contributed by atoms with E-state index in [0.29, 0.717) is 43.6 Å². The van der Waals surface area contributed by atoms with Crippen molar-refractivity contribution in [3.05, 3.63) is 127 Å². The molecule has 19 heteroatoms. The van der Waals surface area contributed by atoms with Crippen LogP contribution in [0.2, 0.25) is 0 Å². The topological polar surface area (TPSA) is 211 Å². The van der Waals surface area contributed by atoms with E-state index in [1.807, 2.05) is 97.3 Å². The fourth-order valence-electron chi connectivity index (χ4n) is 11.4. The van der Waals surface area contributed by atoms with Gasteiger partial charge < -0.3 is 50.1 Å². The number of aromatic amines is 1. The Balaban J connectivity index is 0.760. The minimum absolute atomic E-state index is 0.0166. The van der Waals surface area contributed by atoms with Gasteiger partial charge in [0, 0.05) is 107 Å². The summed E-state index contributed by atoms with van der Waals surface area (Å²) in [6.07, 6.45) is 1.06. The Morgan fingerprint density at radius 1 is 0.878 bits per heavy atom. The Kier molecular flexibility index (Phi) is 21.3. The third-order valence-electron chi connectivity index (χ3n) is 16.2. The minimum Gasteiger partial charge on any atom is -0.391 e. The predicted octanol–water partition coefficient (Wildman–Crippen LogP) is 6.86. The van der Waals surface area contributed by atoms with E-state index < -0.39 is 35.4 Å². The van der Waals surface area contributed by atoms with E-state index in [9.17, 15) is 29.1 Å². The third kappa shape index (κ3) is 15.9. The monoisotopic (exact) mass is 1140 g/mol. The first-order chi connectivity index (χ1) is 39.3. The average molecular weight is 1140 g/mol. The van der Waals surface area contributed by atoms with E-state index >= 15 is 0 Å². The smallest absolute Gasteiger partial charge is 0.253 e. The van der Waals surface area contributed by atoms with Gasteiger partial charge in [-0.2, -0.15) is 0 Å². The van der Waals surface area contributed by atoms with E-state index in [1.165, 1.54) is 10.5 Å². The first kappa shape index (κ1) is 61.7. The molecule has 5 heterocycles. The number of aryl methyl sites for hydroxylation is 3. The molecule has 0 aliphatic carbocycles. The molecule has 0 spiro atoms. The number of benzene rings is 3. The molecule has 82 heavy (non-hydrogen) atoms. The highest BCUT2D eigenvalue weighted by atomic mass is 32.1. The first-order valence-corrected chi connectivity index (χ1v) is 29.9. The summed E-state index contributed by atoms with van der Waals surface area (Å²) in [7, 11) is 0. The number of β-amino-alcohol motifs (C(OH)–C–C–N with tert-alkyl or cyclic N) is 1. The number of carbonyl (C=O) groups is 4. The van der Waals surface area contributed by atoms with Gasteiger partial charge in [0.25, 0.3) is 11.5 Å². The highest BCUT2D eigenvalue weighted by molar-refractivity contribution is 7.13. The number of nitrogens with one attached hydrogen (secondary N) is 4. The zero-order valence-electron chi connectivity index (χ0n) is 49.4. The SMILES string of the molecule is CCN(c1cc(-c2ccc(CN3CCN(CCOCCOCC(=O)NC(C(=O)N4C[C@H](O)C[C@H]4C(=O)N[C@@H](C)c4ccc(-c5scnc5C)cc4)C(C)(C)C)CC3)cc2)cc(C(=O)NCc2c(C)cc(C)[nH]c2=O)c1C)C1CCOCC1. The number of amides is 4. The summed E-state index contributed by atoms with van der Waals surface area (Å²) >= 11 is 1.58. The van der Waals surface area contributed by atoms with E-state index in [1.54, 1.807) is 11.3 Å². The summed E-state index contributed by atoms with van der Waals surface area (Å²) < 4.78 is 17.3. The maximum Gasteiger partial charge on any atom is 0.253 e. The number of aromatic nitrogens is 2. The number of hydrogen-bond acceptors (Lipinski definition) is 14. The van der Waals surface area contributed by atoms with E-state index in [-0.39, 0.29) is 56.1 Å². The predicted molar refractivity (Wildman–Crippen MR) is 321 cm³/mol. The van der Waals surface area contributed by atoms with Gasteiger partial charge in [0.05, 0.1) is 48.0 Å². The van der Waals surface area contributed by atoms with Gasteiger partial charge in [-0.3, -0.25) is 33.8 Å². The van der Waals surface area contributed by atoms with Gasteiger partial charge >= 0.3 is 0 Å². The van der Waals surface area contributed by atoms with Crippen molar-refractivity contribution in [3.63, 3.8) is 0 Å². The number of ether oxygens (including phenoxy) is 3. The Bertz CT molecular complexity index is 3030. The van der Waals surface area contributed by atoms with Crippen LogP contribution < -0.4 is 26.4 Å². The molecule has 5 N–H and O–H groups in total. The van der Waals surface area contributed by atoms with Crippen molar-refractivity contribution < 1.29 is 38.5 Å². The van der Waals surface area contributed by atoms with Crippen LogP contribution in [0, 0.1) is 33.1 Å². The molecule has 18 nitrogen and oxygen atoms in total. The molecule has 0 bridgehead atoms. The van der Waals surface area contributed by atoms with Crippen LogP contribution in [-0.4, -0.2) is 163 Å². The Hall–Kier alpha value is -6.32. The lowest BCUT2D eigenvalue weighted by atomic mass is 9.85. The summed E-state index contributed by atoms with van der Waals surface area (Å²) in [6.45, 7) is 25.7. The number of anilines is 1. The van der Waals surface area contributed by atoms with Crippen molar-refractivity contribution in [2.24, 2.45) is 5.41 Å². The molecule has 4 atom stereocenters. The third-order valence-corrected chi connectivity index (χ3v) is 17.2. The zero-order valence-corrected chi connectivity index (χ0v) is 50.2. The molecule has 4 amide bonds. The van der Waals surface area contributed by atoms with Crippen molar-refractivity contribution >= 4 is 40.7 Å². The Morgan fingerprint density at radius 2 is 1.56 bits per heavy atom. The lowest BCUT2D eigenvalue weighted by Crippen LogP contribution is -2.58. The number of hydrogen-bond donors (Lipinski definition) is 5. The second kappa shape index (κ2) is 28.3. The van der Waals surface area contributed by atoms with Crippen molar-refractivity contribution in [2.45, 2.75) is 125 Å². The van der Waals surface area contributed by atoms with Crippen molar-refractivity contribution in [1.82, 2.24) is 40.6 Å². The molecule has 3 aliphatic rings. The van der Waals surface area contributed by atoms with Gasteiger partial charge in [0.15, 0.2) is 0 Å². The highest BCUT2D eigenvalue weighted by Crippen LogP contribution is 2.35. The normalized spacial score (nSPS) is 18.0. The van der Waals surface area contributed by atoms with Gasteiger partial charge in [0.1, 0.15) is 18.7 Å². The van der Waals surface area contributed by atoms with Gasteiger partial charge in [-0.1, -0.05) is 69.3 Å². The van der Waals surface area contributed by atoms with Crippen molar-refractivity contribution in [2.75, 3.05) is 90.4 Å². The number of aliphatic hydroxyl groups is 1. The van der Waals surface area contributed by atoms with Crippen LogP contribution in [0.25, 0.3) is 21.6 Å². The van der Waals surface area contributed by atoms with Crippen molar-refractivity contribution in [1.29, 1.82) is 0 Å². The van der Waals surface area contributed by atoms with Gasteiger partial charge in [0.2, 0.25) is 17.7 Å². The number of carbonyl (C=O) groups excluding carboxylic acids is 4. The van der Waals surface area contributed by atoms with Crippen LogP contribution in [-0.2, 0) is 41.7 Å². The molecule has 442 valence electrons. The van der Waals surface area contributed by atoms with E-state index in [4.69, 9.17) is 14.2 Å². The summed E-state index contributed by atoms with van der Waals surface area (Å²) in [4.78, 5) is 84.9. The quantitative estimate of drug-likeness (QED) is 0.0424. The van der Waals surface area contributed by atoms with Crippen LogP contribution in [0.5, 0.6) is 0 Å². The number of thiazole rings is 1. The maximum absolute atomic E-state index is 14.1. The number of aliphatic hydroxyl groups excluding tert-OH is 1. The van der Waals surface area contributed by atoms with Gasteiger partial charge in [-0.15, -0.1) is 11.3 Å². The second-order valence-corrected chi connectivity index (χ2v) is 24.1. The standard InChI is InChI=1S/C63H85N9O9S/c1-10-71(50-19-26-79-27-20-50)54-33-49(32-52(42(54)4)59(75)64-35-53-40(2)31-41(3)66-60(53)76)47-13-11-45(12-14-47)36-70-23-21-69(22-24-70)25-28-80-29-30-81-38-56(74)68-58(63(7,8)9)62(78)72-37-51(73)34-55(72)61(77)67-43(5)46-15-17-48(18-16-46)57-44(6)65-39-82-57/h11-18,31-33,39,43,50-51,55,58,73H,10,19-30,34-38H2,1-9H3,(H,64,75)(H,66,76)(H,67,77)(H,68,74)/t43-,51+,55-,58?/m0/s1. The van der Waals surface area contributed by atoms with E-state index in [0.717, 1.165) is 114 Å². The molecular formula is C63H85N9O9S. The number of rotatable bonds is 23. The molecule has 0 radical (unpaired) electrons. The van der Waals surface area contributed by atoms with Crippen LogP contribution >= 0.6 is 11.3 Å². The molecule has 3 aliphatic heterocycles. The Labute approximate surface area is 487 Å². The summed E-state index contributed by atoms with van der Waals surface area (Å²) in [5.74, 6) is -1.48. The molecule has 3 aromatic carbocycles. The molecule has 2 aromatic heterocycles. The molecule has 3 saturated heterocycles. The second-order valence-electron chi connectivity index (χ2n) is 23.3. The maximum atomic E-state index is 14.1. The fourth-order valence-corrected chi connectivity index (χ4v) is 12.2. The zero-order chi connectivity index (χ0) is 58.7. The van der Waals surface area contributed by atoms with Crippen LogP contribution in [0.1, 0.15) is 109 Å². The number of nitrogens with zero attached hydrogens (tertiary/aromatic N) is 5. The fraction of sp³-hybridized carbons (Fsp3) is 0.524. The van der Waals surface area contributed by atoms with Gasteiger partial charge in [-0.05, 0) is 117 Å². The largest absolute Gasteiger partial charge is 0.391 e. The first-order valence-electron chi connectivity index (χ1n) is 29.0. The molecule has 8 rings (SSSR count). The summed E-state index contributed by atoms with van der Waals surface area (Å²) in [5, 5.41) is 19.6. The molecule has 0 saturated carbocycles. The number of piperazine rings is 1. The van der Waals surface area contributed by atoms with Crippen LogP contribution in [0.15, 0.2) is 77.0 Å². The van der Waals surface area contributed by atoms with E-state index in [2.05, 4.69) is 77.9 Å². The molecule has 1 unspecified atom stereocenters. The lowest BCUT2D eigenvalue weighted by Gasteiger charge is -2.37. The Morgan fingerprint density at radius 3 is 2.22 bits per heavy atom. The summed E-state index contributed by atoms with van der Waals surface area (Å²) in [5.41, 5.74) is 11.8. The molecular weight excluding hydrogens is 1060 g/mol. The van der Waals surface area contributed by atoms with Crippen LogP contribution in [0.3, 0.4) is 0 Å². The average Bonchev–Trinajstić information content (AvgIpc) is 3.83. The lowest BCUT2D eigenvalue weighted by molar-refractivity contribution is -0.144. The number of pyridine rings is 1. The number of H-pyrrole nitrogens is 1. The van der Waals surface area contributed by atoms with Crippen molar-refractivity contribution in [3.8, 4) is 21.6 Å². The highest BCUT2D eigenvalue weighted by Gasteiger charge is 2.45.